The summed E-state index contributed by atoms with van der Waals surface area (Å²) < 4.78 is 13.7. The second kappa shape index (κ2) is 13.6. The zero-order chi connectivity index (χ0) is 34.2. The first-order valence-electron chi connectivity index (χ1n) is 16.3. The molecular weight excluding hydrogens is 664 g/mol. The second-order valence-electron chi connectivity index (χ2n) is 12.4. The zero-order valence-corrected chi connectivity index (χ0v) is 28.9. The van der Waals surface area contributed by atoms with Crippen molar-refractivity contribution in [3.63, 3.8) is 0 Å². The van der Waals surface area contributed by atoms with Gasteiger partial charge in [-0.05, 0) is 75.9 Å². The number of rotatable bonds is 10. The molecule has 2 atom stereocenters. The molecule has 0 aliphatic carbocycles. The van der Waals surface area contributed by atoms with Gasteiger partial charge in [0, 0.05) is 44.9 Å². The number of furan rings is 1. The third-order valence-electron chi connectivity index (χ3n) is 9.09. The van der Waals surface area contributed by atoms with E-state index in [-0.39, 0.29) is 24.1 Å². The molecule has 0 spiro atoms. The van der Waals surface area contributed by atoms with Crippen molar-refractivity contribution in [1.29, 1.82) is 0 Å². The van der Waals surface area contributed by atoms with Crippen molar-refractivity contribution in [1.82, 2.24) is 25.4 Å². The largest absolute Gasteiger partial charge is 0.494 e. The molecule has 0 radical (unpaired) electrons. The van der Waals surface area contributed by atoms with Gasteiger partial charge in [-0.2, -0.15) is 0 Å². The third kappa shape index (κ3) is 6.50. The van der Waals surface area contributed by atoms with Crippen molar-refractivity contribution in [2.75, 3.05) is 13.2 Å². The van der Waals surface area contributed by atoms with Crippen LogP contribution >= 0.6 is 22.9 Å². The summed E-state index contributed by atoms with van der Waals surface area (Å²) in [6, 6.07) is 12.6. The first kappa shape index (κ1) is 32.7. The summed E-state index contributed by atoms with van der Waals surface area (Å²) >= 11 is 7.89. The molecule has 2 aliphatic rings. The molecule has 49 heavy (non-hydrogen) atoms. The molecule has 1 fully saturated rings. The zero-order valence-electron chi connectivity index (χ0n) is 27.3. The monoisotopic (exact) mass is 698 g/mol. The van der Waals surface area contributed by atoms with Gasteiger partial charge in [0.15, 0.2) is 5.82 Å². The van der Waals surface area contributed by atoms with E-state index in [0.29, 0.717) is 48.2 Å². The molecule has 7 rings (SSSR count). The van der Waals surface area contributed by atoms with Gasteiger partial charge in [-0.3, -0.25) is 29.3 Å². The number of imide groups is 1. The predicted molar refractivity (Wildman–Crippen MR) is 187 cm³/mol. The minimum atomic E-state index is -0.530. The number of halogens is 1. The fraction of sp³-hybridized carbons (Fsp3) is 0.333. The minimum absolute atomic E-state index is 0.123. The SMILES string of the molecule is Cc1sc2c(c1C)C(c1ccc(Cl)cc1)=N[C@@H](CC(=O)NCCCCOc1ccc3occ(C4CCC(=O)NC4=O)c3c1)c1nnc(C)n1-2. The van der Waals surface area contributed by atoms with Gasteiger partial charge in [-0.1, -0.05) is 23.7 Å². The molecule has 0 saturated carbocycles. The van der Waals surface area contributed by atoms with Crippen molar-refractivity contribution >= 4 is 57.3 Å². The number of piperidine rings is 1. The number of thiophene rings is 1. The van der Waals surface area contributed by atoms with Crippen LogP contribution in [0.25, 0.3) is 16.0 Å². The van der Waals surface area contributed by atoms with E-state index >= 15 is 0 Å². The summed E-state index contributed by atoms with van der Waals surface area (Å²) in [5.74, 6) is 0.926. The number of nitrogens with zero attached hydrogens (tertiary/aromatic N) is 4. The van der Waals surface area contributed by atoms with Gasteiger partial charge in [0.2, 0.25) is 17.7 Å². The predicted octanol–water partition coefficient (Wildman–Crippen LogP) is 6.43. The maximum Gasteiger partial charge on any atom is 0.234 e. The number of aromatic nitrogens is 3. The highest BCUT2D eigenvalue weighted by Crippen LogP contribution is 2.40. The van der Waals surface area contributed by atoms with E-state index in [9.17, 15) is 14.4 Å². The molecule has 2 N–H and O–H groups in total. The number of carbonyl (C=O) groups is 3. The number of benzene rings is 2. The minimum Gasteiger partial charge on any atom is -0.494 e. The first-order chi connectivity index (χ1) is 23.7. The average molecular weight is 699 g/mol. The molecule has 1 unspecified atom stereocenters. The van der Waals surface area contributed by atoms with Crippen LogP contribution in [0.5, 0.6) is 5.75 Å². The van der Waals surface area contributed by atoms with E-state index in [2.05, 4.69) is 34.7 Å². The summed E-state index contributed by atoms with van der Waals surface area (Å²) in [4.78, 5) is 43.6. The smallest absolute Gasteiger partial charge is 0.234 e. The second-order valence-corrected chi connectivity index (χ2v) is 14.0. The number of amides is 3. The Bertz CT molecular complexity index is 2110. The molecule has 3 aromatic heterocycles. The Morgan fingerprint density at radius 1 is 1.12 bits per heavy atom. The number of hydrogen-bond acceptors (Lipinski definition) is 9. The number of nitrogens with one attached hydrogen (secondary N) is 2. The van der Waals surface area contributed by atoms with Gasteiger partial charge in [-0.25, -0.2) is 0 Å². The van der Waals surface area contributed by atoms with Crippen LogP contribution in [0.4, 0.5) is 0 Å². The number of hydrogen-bond donors (Lipinski definition) is 2. The van der Waals surface area contributed by atoms with Gasteiger partial charge in [-0.15, -0.1) is 21.5 Å². The molecule has 2 aromatic carbocycles. The number of aliphatic imine (C=N–C) groups is 1. The Labute approximate surface area is 291 Å². The molecule has 252 valence electrons. The van der Waals surface area contributed by atoms with Crippen molar-refractivity contribution in [3.8, 4) is 10.8 Å². The number of carbonyl (C=O) groups excluding carboxylic acids is 3. The van der Waals surface area contributed by atoms with Gasteiger partial charge < -0.3 is 14.5 Å². The van der Waals surface area contributed by atoms with Crippen LogP contribution in [-0.4, -0.2) is 51.3 Å². The Balaban J connectivity index is 0.979. The maximum atomic E-state index is 13.3. The Morgan fingerprint density at radius 3 is 2.73 bits per heavy atom. The molecule has 0 bridgehead atoms. The van der Waals surface area contributed by atoms with Gasteiger partial charge in [0.05, 0.1) is 30.9 Å². The van der Waals surface area contributed by atoms with Crippen LogP contribution in [0, 0.1) is 20.8 Å². The number of fused-ring (bicyclic) bond motifs is 4. The molecule has 3 amide bonds. The highest BCUT2D eigenvalue weighted by Gasteiger charge is 2.33. The fourth-order valence-electron chi connectivity index (χ4n) is 6.40. The number of unbranched alkanes of at least 4 members (excludes halogenated alkanes) is 1. The average Bonchev–Trinajstić information content (AvgIpc) is 3.73. The topological polar surface area (TPSA) is 141 Å². The molecule has 1 saturated heterocycles. The Morgan fingerprint density at radius 2 is 1.94 bits per heavy atom. The standard InChI is InChI=1S/C36H35ClN6O5S/c1-19-20(2)49-36-32(19)33(22-6-8-23(37)9-7-22)39-28(34-42-41-21(3)43(34)36)17-31(45)38-14-4-5-15-47-24-10-12-29-26(16-24)27(18-48-29)25-11-13-30(44)40-35(25)46/h6-10,12,16,18,25,28H,4-5,11,13-15,17H2,1-3H3,(H,38,45)(H,40,44,46)/t25?,28-/m0/s1. The Hall–Kier alpha value is -4.81. The highest BCUT2D eigenvalue weighted by molar-refractivity contribution is 7.15. The van der Waals surface area contributed by atoms with E-state index < -0.39 is 12.0 Å². The van der Waals surface area contributed by atoms with Crippen molar-refractivity contribution < 1.29 is 23.5 Å². The molecular formula is C36H35ClN6O5S. The number of ether oxygens (including phenoxy) is 1. The molecule has 5 heterocycles. The van der Waals surface area contributed by atoms with Crippen LogP contribution in [-0.2, 0) is 14.4 Å². The lowest BCUT2D eigenvalue weighted by atomic mass is 9.90. The normalized spacial score (nSPS) is 17.3. The van der Waals surface area contributed by atoms with Crippen molar-refractivity contribution in [2.45, 2.75) is 64.8 Å². The molecule has 5 aromatic rings. The molecule has 2 aliphatic heterocycles. The lowest BCUT2D eigenvalue weighted by Crippen LogP contribution is -2.39. The van der Waals surface area contributed by atoms with Crippen LogP contribution in [0.2, 0.25) is 5.02 Å². The van der Waals surface area contributed by atoms with Crippen LogP contribution in [0.1, 0.15) is 82.8 Å². The molecule has 11 nitrogen and oxygen atoms in total. The van der Waals surface area contributed by atoms with Crippen LogP contribution < -0.4 is 15.4 Å². The van der Waals surface area contributed by atoms with E-state index in [1.165, 1.54) is 4.88 Å². The lowest BCUT2D eigenvalue weighted by Gasteiger charge is -2.19. The van der Waals surface area contributed by atoms with E-state index in [1.807, 2.05) is 54.0 Å². The summed E-state index contributed by atoms with van der Waals surface area (Å²) in [6.07, 6.45) is 3.89. The lowest BCUT2D eigenvalue weighted by molar-refractivity contribution is -0.134. The summed E-state index contributed by atoms with van der Waals surface area (Å²) in [5.41, 5.74) is 5.30. The Kier molecular flexibility index (Phi) is 9.08. The molecule has 13 heteroatoms. The van der Waals surface area contributed by atoms with Gasteiger partial charge in [0.25, 0.3) is 0 Å². The summed E-state index contributed by atoms with van der Waals surface area (Å²) in [5, 5.41) is 16.8. The highest BCUT2D eigenvalue weighted by atomic mass is 35.5. The van der Waals surface area contributed by atoms with Crippen molar-refractivity contribution in [2.24, 2.45) is 4.99 Å². The van der Waals surface area contributed by atoms with E-state index in [1.54, 1.807) is 17.6 Å². The first-order valence-corrected chi connectivity index (χ1v) is 17.5. The van der Waals surface area contributed by atoms with E-state index in [4.69, 9.17) is 25.7 Å². The fourth-order valence-corrected chi connectivity index (χ4v) is 7.74. The van der Waals surface area contributed by atoms with Crippen LogP contribution in [0.15, 0.2) is 58.1 Å². The quantitative estimate of drug-likeness (QED) is 0.127. The van der Waals surface area contributed by atoms with Crippen LogP contribution in [0.3, 0.4) is 0 Å². The maximum absolute atomic E-state index is 13.3. The van der Waals surface area contributed by atoms with Crippen molar-refractivity contribution in [3.05, 3.63) is 92.5 Å². The summed E-state index contributed by atoms with van der Waals surface area (Å²) in [7, 11) is 0. The van der Waals surface area contributed by atoms with Gasteiger partial charge >= 0.3 is 0 Å². The number of aryl methyl sites for hydroxylation is 2. The van der Waals surface area contributed by atoms with Gasteiger partial charge in [0.1, 0.15) is 28.2 Å². The third-order valence-corrected chi connectivity index (χ3v) is 10.5. The summed E-state index contributed by atoms with van der Waals surface area (Å²) in [6.45, 7) is 7.05. The van der Waals surface area contributed by atoms with E-state index in [0.717, 1.165) is 57.0 Å².